The lowest BCUT2D eigenvalue weighted by Crippen LogP contribution is -2.40. The summed E-state index contributed by atoms with van der Waals surface area (Å²) in [5.41, 5.74) is 0.110. The Morgan fingerprint density at radius 2 is 1.81 bits per heavy atom. The molecule has 1 saturated carbocycles. The molecule has 1 saturated heterocycles. The maximum absolute atomic E-state index is 14.9. The molecule has 2 aliphatic rings. The van der Waals surface area contributed by atoms with Crippen LogP contribution >= 0.6 is 11.6 Å². The number of hydrogen-bond acceptors (Lipinski definition) is 4. The largest absolute Gasteiger partial charge is 0.507 e. The first kappa shape index (κ1) is 21.5. The lowest BCUT2D eigenvalue weighted by Gasteiger charge is -2.33. The van der Waals surface area contributed by atoms with Gasteiger partial charge in [0.1, 0.15) is 17.3 Å². The summed E-state index contributed by atoms with van der Waals surface area (Å²) in [7, 11) is 0. The van der Waals surface area contributed by atoms with E-state index in [1.807, 2.05) is 0 Å². The van der Waals surface area contributed by atoms with Gasteiger partial charge in [-0.3, -0.25) is 9.59 Å². The molecule has 2 N–H and O–H groups in total. The first-order valence-corrected chi connectivity index (χ1v) is 10.2. The number of carbonyl (C=O) groups is 2. The zero-order chi connectivity index (χ0) is 22.5. The number of amides is 1. The van der Waals surface area contributed by atoms with Crippen LogP contribution in [0.15, 0.2) is 30.3 Å². The van der Waals surface area contributed by atoms with Gasteiger partial charge in [-0.1, -0.05) is 23.7 Å². The minimum absolute atomic E-state index is 0.0283. The van der Waals surface area contributed by atoms with Gasteiger partial charge in [0.2, 0.25) is 5.92 Å². The first-order valence-electron chi connectivity index (χ1n) is 9.81. The number of aromatic hydroxyl groups is 2. The van der Waals surface area contributed by atoms with Crippen LogP contribution in [0.2, 0.25) is 5.02 Å². The van der Waals surface area contributed by atoms with Crippen LogP contribution in [-0.2, 0) is 0 Å². The number of phenolic OH excluding ortho intramolecular Hbond substituents is 2. The van der Waals surface area contributed by atoms with Crippen molar-refractivity contribution < 1.29 is 33.0 Å². The number of benzene rings is 2. The van der Waals surface area contributed by atoms with Crippen molar-refractivity contribution in [3.63, 3.8) is 0 Å². The Morgan fingerprint density at radius 1 is 1.10 bits per heavy atom. The number of hydrogen-bond donors (Lipinski definition) is 2. The van der Waals surface area contributed by atoms with Gasteiger partial charge in [-0.15, -0.1) is 0 Å². The molecule has 2 aromatic carbocycles. The van der Waals surface area contributed by atoms with Gasteiger partial charge in [0.25, 0.3) is 5.91 Å². The van der Waals surface area contributed by atoms with E-state index in [4.69, 9.17) is 11.6 Å². The van der Waals surface area contributed by atoms with Crippen molar-refractivity contribution in [2.75, 3.05) is 6.54 Å². The van der Waals surface area contributed by atoms with Crippen molar-refractivity contribution in [3.05, 3.63) is 57.9 Å². The molecule has 0 radical (unpaired) electrons. The van der Waals surface area contributed by atoms with Crippen molar-refractivity contribution in [1.82, 2.24) is 4.90 Å². The van der Waals surface area contributed by atoms with Crippen LogP contribution in [0.1, 0.15) is 58.0 Å². The SMILES string of the molecule is O=C(c1ccc(C2CCCN2C(=O)c2cc(Cl)c(O)cc2O)c(F)c1)C1CC(F)(F)C1. The van der Waals surface area contributed by atoms with Gasteiger partial charge >= 0.3 is 0 Å². The molecule has 1 heterocycles. The highest BCUT2D eigenvalue weighted by Crippen LogP contribution is 2.44. The molecule has 4 rings (SSSR count). The second kappa shape index (κ2) is 7.75. The minimum atomic E-state index is -2.84. The molecule has 1 aliphatic heterocycles. The lowest BCUT2D eigenvalue weighted by atomic mass is 9.76. The van der Waals surface area contributed by atoms with Gasteiger partial charge in [0, 0.05) is 42.5 Å². The Morgan fingerprint density at radius 3 is 2.45 bits per heavy atom. The fourth-order valence-corrected chi connectivity index (χ4v) is 4.41. The highest BCUT2D eigenvalue weighted by Gasteiger charge is 2.48. The molecule has 5 nitrogen and oxygen atoms in total. The minimum Gasteiger partial charge on any atom is -0.507 e. The maximum Gasteiger partial charge on any atom is 0.258 e. The predicted molar refractivity (Wildman–Crippen MR) is 106 cm³/mol. The number of ketones is 1. The molecule has 2 fully saturated rings. The van der Waals surface area contributed by atoms with E-state index in [0.717, 1.165) is 18.2 Å². The molecular weight excluding hydrogens is 435 g/mol. The molecule has 9 heteroatoms. The Kier molecular flexibility index (Phi) is 5.37. The van der Waals surface area contributed by atoms with Crippen LogP contribution in [-0.4, -0.2) is 39.3 Å². The number of nitrogens with zero attached hydrogens (tertiary/aromatic N) is 1. The van der Waals surface area contributed by atoms with Crippen molar-refractivity contribution >= 4 is 23.3 Å². The fourth-order valence-electron chi connectivity index (χ4n) is 4.24. The summed E-state index contributed by atoms with van der Waals surface area (Å²) in [5, 5.41) is 19.5. The zero-order valence-electron chi connectivity index (χ0n) is 16.2. The van der Waals surface area contributed by atoms with Crippen LogP contribution in [0.3, 0.4) is 0 Å². The molecule has 0 bridgehead atoms. The third-order valence-corrected chi connectivity index (χ3v) is 6.22. The van der Waals surface area contributed by atoms with Gasteiger partial charge in [-0.25, -0.2) is 13.2 Å². The molecule has 1 atom stereocenters. The Hall–Kier alpha value is -2.74. The Bertz CT molecular complexity index is 1070. The predicted octanol–water partition coefficient (Wildman–Crippen LogP) is 5.10. The summed E-state index contributed by atoms with van der Waals surface area (Å²) < 4.78 is 41.0. The van der Waals surface area contributed by atoms with E-state index in [0.29, 0.717) is 19.4 Å². The van der Waals surface area contributed by atoms with E-state index >= 15 is 0 Å². The van der Waals surface area contributed by atoms with Gasteiger partial charge in [-0.05, 0) is 25.0 Å². The smallest absolute Gasteiger partial charge is 0.258 e. The molecule has 1 amide bonds. The van der Waals surface area contributed by atoms with Crippen molar-refractivity contribution in [2.24, 2.45) is 5.92 Å². The fraction of sp³-hybridized carbons (Fsp3) is 0.364. The molecule has 2 aromatic rings. The summed E-state index contributed by atoms with van der Waals surface area (Å²) in [4.78, 5) is 26.7. The number of likely N-dealkylation sites (tertiary alicyclic amines) is 1. The maximum atomic E-state index is 14.9. The van der Waals surface area contributed by atoms with Crippen LogP contribution in [0.25, 0.3) is 0 Å². The molecule has 0 spiro atoms. The third kappa shape index (κ3) is 3.96. The van der Waals surface area contributed by atoms with Crippen LogP contribution < -0.4 is 0 Å². The summed E-state index contributed by atoms with van der Waals surface area (Å²) in [6, 6.07) is 5.31. The lowest BCUT2D eigenvalue weighted by molar-refractivity contribution is -0.0982. The third-order valence-electron chi connectivity index (χ3n) is 5.91. The van der Waals surface area contributed by atoms with Gasteiger partial charge in [-0.2, -0.15) is 0 Å². The normalized spacial score (nSPS) is 20.5. The highest BCUT2D eigenvalue weighted by atomic mass is 35.5. The summed E-state index contributed by atoms with van der Waals surface area (Å²) >= 11 is 5.85. The molecule has 31 heavy (non-hydrogen) atoms. The van der Waals surface area contributed by atoms with E-state index in [9.17, 15) is 33.0 Å². The molecule has 0 aromatic heterocycles. The topological polar surface area (TPSA) is 77.8 Å². The van der Waals surface area contributed by atoms with Gasteiger partial charge in [0.15, 0.2) is 5.78 Å². The number of Topliss-reactive ketones (excluding diaryl/α,β-unsaturated/α-hetero) is 1. The number of halogens is 4. The first-order chi connectivity index (χ1) is 14.6. The summed E-state index contributed by atoms with van der Waals surface area (Å²) in [5.74, 6) is -6.26. The number of alkyl halides is 2. The quantitative estimate of drug-likeness (QED) is 0.632. The van der Waals surface area contributed by atoms with E-state index in [1.165, 1.54) is 17.0 Å². The summed E-state index contributed by atoms with van der Waals surface area (Å²) in [6.07, 6.45) is 0.00915. The zero-order valence-corrected chi connectivity index (χ0v) is 17.0. The standard InChI is InChI=1S/C22H19ClF3NO4/c23-15-7-14(18(28)8-19(15)29)21(31)27-5-1-2-17(27)13-4-3-11(6-16(13)24)20(30)12-9-22(25,26)10-12/h3-4,6-8,12,17,28-29H,1-2,5,9-10H2. The molecule has 164 valence electrons. The van der Waals surface area contributed by atoms with Crippen LogP contribution in [0.5, 0.6) is 11.5 Å². The average molecular weight is 454 g/mol. The van der Waals surface area contributed by atoms with Crippen molar-refractivity contribution in [1.29, 1.82) is 0 Å². The highest BCUT2D eigenvalue weighted by molar-refractivity contribution is 6.32. The van der Waals surface area contributed by atoms with E-state index < -0.39 is 54.0 Å². The van der Waals surface area contributed by atoms with Gasteiger partial charge in [0.05, 0.1) is 16.6 Å². The second-order valence-corrected chi connectivity index (χ2v) is 8.45. The average Bonchev–Trinajstić information content (AvgIpc) is 3.17. The van der Waals surface area contributed by atoms with E-state index in [-0.39, 0.29) is 27.5 Å². The number of rotatable bonds is 4. The van der Waals surface area contributed by atoms with Crippen molar-refractivity contribution in [3.8, 4) is 11.5 Å². The molecule has 1 unspecified atom stereocenters. The monoisotopic (exact) mass is 453 g/mol. The summed E-state index contributed by atoms with van der Waals surface area (Å²) in [6.45, 7) is 0.318. The van der Waals surface area contributed by atoms with Crippen LogP contribution in [0, 0.1) is 11.7 Å². The second-order valence-electron chi connectivity index (χ2n) is 8.04. The Balaban J connectivity index is 1.57. The molecule has 1 aliphatic carbocycles. The van der Waals surface area contributed by atoms with Gasteiger partial charge < -0.3 is 15.1 Å². The number of phenols is 2. The number of carbonyl (C=O) groups excluding carboxylic acids is 2. The molecular formula is C22H19ClF3NO4. The van der Waals surface area contributed by atoms with Crippen LogP contribution in [0.4, 0.5) is 13.2 Å². The van der Waals surface area contributed by atoms with E-state index in [1.54, 1.807) is 0 Å². The van der Waals surface area contributed by atoms with Crippen molar-refractivity contribution in [2.45, 2.75) is 37.6 Å². The Labute approximate surface area is 181 Å². The van der Waals surface area contributed by atoms with E-state index in [2.05, 4.69) is 0 Å².